The van der Waals surface area contributed by atoms with Crippen molar-refractivity contribution in [2.24, 2.45) is 4.99 Å². The third kappa shape index (κ3) is 2.27. The highest BCUT2D eigenvalue weighted by molar-refractivity contribution is 7.90. The summed E-state index contributed by atoms with van der Waals surface area (Å²) in [6.07, 6.45) is 3.30. The molecule has 0 amide bonds. The number of benzene rings is 1. The van der Waals surface area contributed by atoms with Crippen LogP contribution >= 0.6 is 0 Å². The molecule has 0 aliphatic heterocycles. The van der Waals surface area contributed by atoms with Gasteiger partial charge >= 0.3 is 0 Å². The maximum absolute atomic E-state index is 14.4. The third-order valence-corrected chi connectivity index (χ3v) is 4.26. The van der Waals surface area contributed by atoms with E-state index in [9.17, 15) is 17.6 Å². The molecule has 5 nitrogen and oxygen atoms in total. The summed E-state index contributed by atoms with van der Waals surface area (Å²) < 4.78 is 42.6. The lowest BCUT2D eigenvalue weighted by Crippen LogP contribution is -2.12. The lowest BCUT2D eigenvalue weighted by molar-refractivity contribution is 0.392. The molecule has 7 heteroatoms. The average molecular weight is 285 g/mol. The van der Waals surface area contributed by atoms with Gasteiger partial charge in [0.05, 0.1) is 7.11 Å². The van der Waals surface area contributed by atoms with Gasteiger partial charge in [0.2, 0.25) is 6.08 Å². The molecular formula is C12H12FNO4S. The Labute approximate surface area is 110 Å². The van der Waals surface area contributed by atoms with Gasteiger partial charge in [0, 0.05) is 11.8 Å². The summed E-state index contributed by atoms with van der Waals surface area (Å²) >= 11 is 0. The van der Waals surface area contributed by atoms with Crippen LogP contribution in [-0.2, 0) is 20.2 Å². The van der Waals surface area contributed by atoms with E-state index < -0.39 is 26.1 Å². The van der Waals surface area contributed by atoms with E-state index >= 15 is 0 Å². The molecule has 1 aliphatic rings. The second-order valence-electron chi connectivity index (χ2n) is 4.47. The molecule has 0 bridgehead atoms. The number of ether oxygens (including phenoxy) is 1. The largest absolute Gasteiger partial charge is 0.495 e. The minimum atomic E-state index is -3.79. The highest BCUT2D eigenvalue weighted by Crippen LogP contribution is 2.51. The Morgan fingerprint density at radius 3 is 2.47 bits per heavy atom. The predicted octanol–water partition coefficient (Wildman–Crippen LogP) is 1.56. The van der Waals surface area contributed by atoms with Crippen LogP contribution in [0.15, 0.2) is 22.0 Å². The molecule has 1 aromatic rings. The van der Waals surface area contributed by atoms with Crippen LogP contribution in [0.1, 0.15) is 18.4 Å². The van der Waals surface area contributed by atoms with Gasteiger partial charge in [0.1, 0.15) is 16.2 Å². The Bertz CT molecular complexity index is 673. The second-order valence-corrected chi connectivity index (χ2v) is 6.42. The molecule has 0 aromatic heterocycles. The normalized spacial score (nSPS) is 16.6. The van der Waals surface area contributed by atoms with E-state index in [0.717, 1.165) is 6.26 Å². The summed E-state index contributed by atoms with van der Waals surface area (Å²) in [6.45, 7) is 0. The van der Waals surface area contributed by atoms with Crippen molar-refractivity contribution in [2.75, 3.05) is 13.4 Å². The zero-order valence-corrected chi connectivity index (χ0v) is 11.3. The topological polar surface area (TPSA) is 72.8 Å². The smallest absolute Gasteiger partial charge is 0.235 e. The molecule has 0 N–H and O–H groups in total. The molecule has 0 atom stereocenters. The SMILES string of the molecule is COc1ccc(C2(N=C=O)CC2)c(F)c1S(C)(=O)=O. The zero-order valence-electron chi connectivity index (χ0n) is 10.4. The van der Waals surface area contributed by atoms with Gasteiger partial charge in [-0.1, -0.05) is 0 Å². The van der Waals surface area contributed by atoms with Crippen LogP contribution in [0.3, 0.4) is 0 Å². The van der Waals surface area contributed by atoms with Crippen molar-refractivity contribution in [3.8, 4) is 5.75 Å². The van der Waals surface area contributed by atoms with Crippen molar-refractivity contribution in [3.05, 3.63) is 23.5 Å². The summed E-state index contributed by atoms with van der Waals surface area (Å²) in [5.41, 5.74) is -0.866. The number of carbonyl (C=O) groups excluding carboxylic acids is 1. The summed E-state index contributed by atoms with van der Waals surface area (Å²) in [6, 6.07) is 2.77. The molecule has 2 rings (SSSR count). The van der Waals surface area contributed by atoms with Crippen LogP contribution in [0.5, 0.6) is 5.75 Å². The lowest BCUT2D eigenvalue weighted by atomic mass is 10.0. The number of aliphatic imine (C=N–C) groups is 1. The molecule has 1 saturated carbocycles. The van der Waals surface area contributed by atoms with E-state index in [1.165, 1.54) is 25.3 Å². The van der Waals surface area contributed by atoms with Gasteiger partial charge in [0.25, 0.3) is 0 Å². The molecule has 102 valence electrons. The molecule has 1 fully saturated rings. The zero-order chi connectivity index (χ0) is 14.3. The molecule has 1 aliphatic carbocycles. The molecule has 0 saturated heterocycles. The van der Waals surface area contributed by atoms with Gasteiger partial charge in [-0.2, -0.15) is 4.99 Å². The number of sulfone groups is 1. The van der Waals surface area contributed by atoms with Gasteiger partial charge in [-0.15, -0.1) is 0 Å². The van der Waals surface area contributed by atoms with E-state index in [1.807, 2.05) is 0 Å². The van der Waals surface area contributed by atoms with E-state index in [2.05, 4.69) is 4.99 Å². The van der Waals surface area contributed by atoms with Crippen LogP contribution in [0.4, 0.5) is 4.39 Å². The maximum atomic E-state index is 14.4. The van der Waals surface area contributed by atoms with Crippen molar-refractivity contribution in [3.63, 3.8) is 0 Å². The van der Waals surface area contributed by atoms with Crippen molar-refractivity contribution >= 4 is 15.9 Å². The lowest BCUT2D eigenvalue weighted by Gasteiger charge is -2.14. The second kappa shape index (κ2) is 4.43. The summed E-state index contributed by atoms with van der Waals surface area (Å²) in [4.78, 5) is 13.5. The molecule has 0 unspecified atom stereocenters. The molecule has 1 aromatic carbocycles. The molecule has 19 heavy (non-hydrogen) atoms. The Balaban J connectivity index is 2.71. The van der Waals surface area contributed by atoms with Gasteiger partial charge in [-0.05, 0) is 25.0 Å². The van der Waals surface area contributed by atoms with Crippen LogP contribution in [0.25, 0.3) is 0 Å². The average Bonchev–Trinajstić information content (AvgIpc) is 3.08. The van der Waals surface area contributed by atoms with Gasteiger partial charge in [-0.3, -0.25) is 0 Å². The molecule has 0 spiro atoms. The highest BCUT2D eigenvalue weighted by Gasteiger charge is 2.48. The number of nitrogens with zero attached hydrogens (tertiary/aromatic N) is 1. The number of hydrogen-bond donors (Lipinski definition) is 0. The Morgan fingerprint density at radius 1 is 1.42 bits per heavy atom. The van der Waals surface area contributed by atoms with Crippen LogP contribution in [-0.4, -0.2) is 27.9 Å². The number of hydrogen-bond acceptors (Lipinski definition) is 5. The molecular weight excluding hydrogens is 273 g/mol. The fourth-order valence-corrected chi connectivity index (χ4v) is 3.00. The number of isocyanates is 1. The van der Waals surface area contributed by atoms with Crippen LogP contribution in [0.2, 0.25) is 0 Å². The number of rotatable bonds is 4. The van der Waals surface area contributed by atoms with E-state index in [-0.39, 0.29) is 11.3 Å². The Hall–Kier alpha value is -1.72. The first kappa shape index (κ1) is 13.7. The van der Waals surface area contributed by atoms with E-state index in [4.69, 9.17) is 4.74 Å². The fourth-order valence-electron chi connectivity index (χ4n) is 2.05. The van der Waals surface area contributed by atoms with Crippen molar-refractivity contribution in [1.82, 2.24) is 0 Å². The predicted molar refractivity (Wildman–Crippen MR) is 65.1 cm³/mol. The first-order valence-corrected chi connectivity index (χ1v) is 7.41. The van der Waals surface area contributed by atoms with Crippen molar-refractivity contribution in [2.45, 2.75) is 23.3 Å². The third-order valence-electron chi connectivity index (χ3n) is 3.14. The van der Waals surface area contributed by atoms with E-state index in [0.29, 0.717) is 12.8 Å². The summed E-state index contributed by atoms with van der Waals surface area (Å²) in [7, 11) is -2.52. The highest BCUT2D eigenvalue weighted by atomic mass is 32.2. The van der Waals surface area contributed by atoms with Gasteiger partial charge < -0.3 is 4.74 Å². The first-order chi connectivity index (χ1) is 8.85. The van der Waals surface area contributed by atoms with Gasteiger partial charge in [-0.25, -0.2) is 17.6 Å². The summed E-state index contributed by atoms with van der Waals surface area (Å²) in [5.74, 6) is -0.965. The number of halogens is 1. The van der Waals surface area contributed by atoms with Crippen LogP contribution < -0.4 is 4.74 Å². The molecule has 0 heterocycles. The number of methoxy groups -OCH3 is 1. The standard InChI is InChI=1S/C12H12FNO4S/c1-18-9-4-3-8(12(5-6-12)14-7-15)10(13)11(9)19(2,16)17/h3-4H,5-6H2,1-2H3. The van der Waals surface area contributed by atoms with Crippen molar-refractivity contribution < 1.29 is 22.3 Å². The minimum Gasteiger partial charge on any atom is -0.495 e. The van der Waals surface area contributed by atoms with Crippen LogP contribution in [0, 0.1) is 5.82 Å². The monoisotopic (exact) mass is 285 g/mol. The fraction of sp³-hybridized carbons (Fsp3) is 0.417. The quantitative estimate of drug-likeness (QED) is 0.621. The maximum Gasteiger partial charge on any atom is 0.235 e. The first-order valence-electron chi connectivity index (χ1n) is 5.52. The van der Waals surface area contributed by atoms with E-state index in [1.54, 1.807) is 0 Å². The van der Waals surface area contributed by atoms with Crippen molar-refractivity contribution in [1.29, 1.82) is 0 Å². The van der Waals surface area contributed by atoms with Gasteiger partial charge in [0.15, 0.2) is 15.7 Å². The minimum absolute atomic E-state index is 0.0605. The Kier molecular flexibility index (Phi) is 3.20. The molecule has 0 radical (unpaired) electrons. The Morgan fingerprint density at radius 2 is 2.05 bits per heavy atom. The summed E-state index contributed by atoms with van der Waals surface area (Å²) in [5, 5.41) is 0.